The number of rotatable bonds is 8. The van der Waals surface area contributed by atoms with Crippen LogP contribution in [0.3, 0.4) is 0 Å². The van der Waals surface area contributed by atoms with Gasteiger partial charge < -0.3 is 30.2 Å². The molecule has 1 fully saturated rings. The van der Waals surface area contributed by atoms with Gasteiger partial charge in [0.1, 0.15) is 23.1 Å². The maximum Gasteiger partial charge on any atom is 0.147 e. The fraction of sp³-hybridized carbons (Fsp3) is 0.250. The van der Waals surface area contributed by atoms with Gasteiger partial charge in [0.15, 0.2) is 0 Å². The van der Waals surface area contributed by atoms with Crippen LogP contribution in [0, 0.1) is 11.6 Å². The van der Waals surface area contributed by atoms with Crippen LogP contribution in [0.4, 0.5) is 31.5 Å². The molecule has 2 unspecified atom stereocenters. The summed E-state index contributed by atoms with van der Waals surface area (Å²) in [7, 11) is 0. The van der Waals surface area contributed by atoms with Crippen molar-refractivity contribution in [1.82, 2.24) is 0 Å². The van der Waals surface area contributed by atoms with Crippen molar-refractivity contribution in [3.63, 3.8) is 0 Å². The van der Waals surface area contributed by atoms with Crippen LogP contribution in [0.5, 0.6) is 11.5 Å². The molecule has 1 saturated carbocycles. The van der Waals surface area contributed by atoms with Crippen molar-refractivity contribution >= 4 is 22.7 Å². The van der Waals surface area contributed by atoms with E-state index < -0.39 is 35.7 Å². The van der Waals surface area contributed by atoms with Crippen LogP contribution < -0.4 is 20.0 Å². The topological polar surface area (TPSA) is 93.1 Å². The average Bonchev–Trinajstić information content (AvgIpc) is 2.94. The van der Waals surface area contributed by atoms with Gasteiger partial charge in [-0.15, -0.1) is 12.2 Å². The van der Waals surface area contributed by atoms with Crippen LogP contribution in [0.1, 0.15) is 36.8 Å². The average molecular weight is 545 g/mol. The summed E-state index contributed by atoms with van der Waals surface area (Å²) in [6, 6.07) is 21.0. The van der Waals surface area contributed by atoms with Gasteiger partial charge in [0.2, 0.25) is 0 Å². The molecule has 4 aromatic carbocycles. The fourth-order valence-corrected chi connectivity index (χ4v) is 5.61. The lowest BCUT2D eigenvalue weighted by atomic mass is 9.63. The largest absolute Gasteiger partial charge is 0.851 e. The molecule has 208 valence electrons. The molecule has 0 aromatic heterocycles. The minimum atomic E-state index is -1.39. The minimum Gasteiger partial charge on any atom is -0.851 e. The molecule has 0 spiro atoms. The zero-order valence-corrected chi connectivity index (χ0v) is 22.2. The summed E-state index contributed by atoms with van der Waals surface area (Å²) in [4.78, 5) is 3.37. The number of phenols is 2. The van der Waals surface area contributed by atoms with Crippen molar-refractivity contribution in [2.75, 3.05) is 22.9 Å². The highest BCUT2D eigenvalue weighted by Gasteiger charge is 2.41. The fourth-order valence-electron chi connectivity index (χ4n) is 5.61. The van der Waals surface area contributed by atoms with Crippen molar-refractivity contribution in [3.8, 4) is 11.5 Å². The van der Waals surface area contributed by atoms with Gasteiger partial charge in [-0.3, -0.25) is 0 Å². The lowest BCUT2D eigenvalue weighted by Crippen LogP contribution is -2.63. The van der Waals surface area contributed by atoms with Crippen molar-refractivity contribution in [3.05, 3.63) is 108 Å². The molecule has 0 radical (unpaired) electrons. The molecule has 1 aliphatic carbocycles. The number of aromatic hydroxyl groups is 2. The Bertz CT molecular complexity index is 1450. The summed E-state index contributed by atoms with van der Waals surface area (Å²) in [5.41, 5.74) is 1.65. The highest BCUT2D eigenvalue weighted by Crippen LogP contribution is 2.51. The molecule has 0 aliphatic heterocycles. The van der Waals surface area contributed by atoms with Crippen LogP contribution in [-0.4, -0.2) is 35.5 Å². The summed E-state index contributed by atoms with van der Waals surface area (Å²) in [6.07, 6.45) is -2.78. The highest BCUT2D eigenvalue weighted by molar-refractivity contribution is 5.78. The molecule has 0 saturated heterocycles. The standard InChI is InChI=1S/C32H30F2N2O4/c1-3-35(4-2)19-13-15-21(27(37)17-19)29-31(39)30(32(29)40)22-16-14-20(18-28(22)38)36(25-11-7-5-9-23(25)33)26-12-8-6-10-24(26)34/h5-18,29-32,37-38H,3-4H2,1-2H3/q-2. The molecular formula is C32H30F2N2O4-2. The van der Waals surface area contributed by atoms with Crippen LogP contribution in [0.2, 0.25) is 0 Å². The second-order valence-corrected chi connectivity index (χ2v) is 9.88. The molecule has 6 nitrogen and oxygen atoms in total. The zero-order valence-electron chi connectivity index (χ0n) is 22.2. The Morgan fingerprint density at radius 1 is 0.650 bits per heavy atom. The van der Waals surface area contributed by atoms with E-state index in [9.17, 15) is 29.2 Å². The number of hydrogen-bond donors (Lipinski definition) is 2. The molecule has 2 atom stereocenters. The van der Waals surface area contributed by atoms with E-state index in [4.69, 9.17) is 0 Å². The van der Waals surface area contributed by atoms with E-state index in [1.54, 1.807) is 30.3 Å². The Hall–Kier alpha value is -4.14. The zero-order chi connectivity index (χ0) is 28.6. The maximum absolute atomic E-state index is 14.8. The second-order valence-electron chi connectivity index (χ2n) is 9.88. The van der Waals surface area contributed by atoms with Crippen molar-refractivity contribution in [2.45, 2.75) is 37.9 Å². The quantitative estimate of drug-likeness (QED) is 0.323. The maximum atomic E-state index is 14.8. The molecular weight excluding hydrogens is 514 g/mol. The first-order valence-corrected chi connectivity index (χ1v) is 13.3. The van der Waals surface area contributed by atoms with E-state index in [0.717, 1.165) is 18.8 Å². The minimum absolute atomic E-state index is 0.0653. The van der Waals surface area contributed by atoms with Gasteiger partial charge in [0, 0.05) is 30.9 Å². The Labute approximate surface area is 232 Å². The molecule has 4 aromatic rings. The first-order valence-electron chi connectivity index (χ1n) is 13.3. The molecule has 0 bridgehead atoms. The van der Waals surface area contributed by atoms with E-state index in [-0.39, 0.29) is 34.1 Å². The van der Waals surface area contributed by atoms with E-state index >= 15 is 0 Å². The SMILES string of the molecule is CCN(CC)c1ccc(C2C([O-])C(c3ccc(N(c4ccccc4F)c4ccccc4F)cc3O)C2[O-])c(O)c1. The molecule has 1 aliphatic rings. The Kier molecular flexibility index (Phi) is 7.65. The molecule has 0 heterocycles. The van der Waals surface area contributed by atoms with Gasteiger partial charge in [-0.2, -0.15) is 0 Å². The molecule has 5 rings (SSSR count). The van der Waals surface area contributed by atoms with E-state index in [0.29, 0.717) is 5.56 Å². The van der Waals surface area contributed by atoms with Crippen LogP contribution in [-0.2, 0) is 0 Å². The molecule has 0 amide bonds. The van der Waals surface area contributed by atoms with E-state index in [2.05, 4.69) is 0 Å². The number of hydrogen-bond acceptors (Lipinski definition) is 6. The third-order valence-electron chi connectivity index (χ3n) is 7.74. The predicted molar refractivity (Wildman–Crippen MR) is 147 cm³/mol. The Balaban J connectivity index is 1.46. The molecule has 8 heteroatoms. The van der Waals surface area contributed by atoms with Gasteiger partial charge in [-0.05, 0) is 73.2 Å². The third kappa shape index (κ3) is 4.74. The summed E-state index contributed by atoms with van der Waals surface area (Å²) < 4.78 is 29.7. The van der Waals surface area contributed by atoms with E-state index in [1.165, 1.54) is 59.5 Å². The number of para-hydroxylation sites is 2. The smallest absolute Gasteiger partial charge is 0.147 e. The van der Waals surface area contributed by atoms with Crippen LogP contribution >= 0.6 is 0 Å². The number of phenolic OH excluding ortho intramolecular Hbond substituents is 2. The molecule has 40 heavy (non-hydrogen) atoms. The molecule has 2 N–H and O–H groups in total. The second kappa shape index (κ2) is 11.2. The van der Waals surface area contributed by atoms with Gasteiger partial charge in [0.25, 0.3) is 0 Å². The summed E-state index contributed by atoms with van der Waals surface area (Å²) >= 11 is 0. The predicted octanol–water partition coefficient (Wildman–Crippen LogP) is 5.03. The van der Waals surface area contributed by atoms with E-state index in [1.807, 2.05) is 18.7 Å². The van der Waals surface area contributed by atoms with Gasteiger partial charge >= 0.3 is 0 Å². The Morgan fingerprint density at radius 2 is 1.07 bits per heavy atom. The first kappa shape index (κ1) is 27.4. The first-order chi connectivity index (χ1) is 19.3. The van der Waals surface area contributed by atoms with Gasteiger partial charge in [-0.1, -0.05) is 36.4 Å². The van der Waals surface area contributed by atoms with Gasteiger partial charge in [0.05, 0.1) is 17.1 Å². The lowest BCUT2D eigenvalue weighted by molar-refractivity contribution is -0.536. The van der Waals surface area contributed by atoms with Gasteiger partial charge in [-0.25, -0.2) is 8.78 Å². The summed E-state index contributed by atoms with van der Waals surface area (Å²) in [6.45, 7) is 5.48. The number of halogens is 2. The number of benzene rings is 4. The normalized spacial score (nSPS) is 20.1. The van der Waals surface area contributed by atoms with Crippen LogP contribution in [0.25, 0.3) is 0 Å². The summed E-state index contributed by atoms with van der Waals surface area (Å²) in [5.74, 6) is -3.62. The number of anilines is 4. The van der Waals surface area contributed by atoms with Crippen molar-refractivity contribution < 1.29 is 29.2 Å². The van der Waals surface area contributed by atoms with Crippen LogP contribution in [0.15, 0.2) is 84.9 Å². The lowest BCUT2D eigenvalue weighted by Gasteiger charge is -2.61. The monoisotopic (exact) mass is 544 g/mol. The van der Waals surface area contributed by atoms with Crippen molar-refractivity contribution in [2.24, 2.45) is 0 Å². The highest BCUT2D eigenvalue weighted by atomic mass is 19.1. The van der Waals surface area contributed by atoms with Crippen molar-refractivity contribution in [1.29, 1.82) is 0 Å². The summed E-state index contributed by atoms with van der Waals surface area (Å²) in [5, 5.41) is 48.2. The third-order valence-corrected chi connectivity index (χ3v) is 7.74. The number of nitrogens with zero attached hydrogens (tertiary/aromatic N) is 2. The Morgan fingerprint density at radius 3 is 1.50 bits per heavy atom.